The minimum atomic E-state index is -0.459. The summed E-state index contributed by atoms with van der Waals surface area (Å²) < 4.78 is 13.8. The van der Waals surface area contributed by atoms with Gasteiger partial charge in [0.25, 0.3) is 5.91 Å². The average Bonchev–Trinajstić information content (AvgIpc) is 2.46. The quantitative estimate of drug-likeness (QED) is 0.875. The maximum atomic E-state index is 13.8. The third kappa shape index (κ3) is 2.89. The number of rotatable bonds is 3. The highest BCUT2D eigenvalue weighted by atomic mass is 19.1. The molecule has 0 aliphatic rings. The van der Waals surface area contributed by atoms with E-state index in [2.05, 4.69) is 0 Å². The largest absolute Gasteiger partial charge is 0.398 e. The number of hydrogen-bond donors (Lipinski definition) is 1. The van der Waals surface area contributed by atoms with Crippen LogP contribution in [0.2, 0.25) is 0 Å². The lowest BCUT2D eigenvalue weighted by atomic mass is 10.1. The number of anilines is 2. The topological polar surface area (TPSA) is 46.3 Å². The van der Waals surface area contributed by atoms with Crippen molar-refractivity contribution in [2.45, 2.75) is 20.8 Å². The van der Waals surface area contributed by atoms with Gasteiger partial charge in [-0.1, -0.05) is 18.2 Å². The van der Waals surface area contributed by atoms with Crippen LogP contribution < -0.4 is 10.6 Å². The fourth-order valence-electron chi connectivity index (χ4n) is 2.27. The number of aryl methyl sites for hydroxylation is 1. The highest BCUT2D eigenvalue weighted by Crippen LogP contribution is 2.24. The summed E-state index contributed by atoms with van der Waals surface area (Å²) in [6, 6.07) is 10.4. The number of amides is 1. The molecular formula is C17H19FN2O. The van der Waals surface area contributed by atoms with E-state index in [9.17, 15) is 9.18 Å². The molecule has 3 nitrogen and oxygen atoms in total. The zero-order valence-electron chi connectivity index (χ0n) is 12.5. The third-order valence-electron chi connectivity index (χ3n) is 3.60. The molecule has 0 bridgehead atoms. The number of carbonyl (C=O) groups is 1. The maximum Gasteiger partial charge on any atom is 0.258 e. The van der Waals surface area contributed by atoms with E-state index in [1.165, 1.54) is 12.1 Å². The van der Waals surface area contributed by atoms with Gasteiger partial charge in [-0.3, -0.25) is 4.79 Å². The van der Waals surface area contributed by atoms with Crippen LogP contribution >= 0.6 is 0 Å². The first kappa shape index (κ1) is 15.0. The number of para-hydroxylation sites is 1. The van der Waals surface area contributed by atoms with Crippen LogP contribution in [0.3, 0.4) is 0 Å². The van der Waals surface area contributed by atoms with E-state index in [0.717, 1.165) is 11.3 Å². The average molecular weight is 286 g/mol. The SMILES string of the molecule is CCN(C(=O)c1cc(N)c(C)c(F)c1)c1ccccc1C. The molecule has 0 fully saturated rings. The molecule has 21 heavy (non-hydrogen) atoms. The van der Waals surface area contributed by atoms with Crippen molar-refractivity contribution in [3.05, 3.63) is 58.9 Å². The molecule has 1 amide bonds. The molecule has 2 rings (SSSR count). The van der Waals surface area contributed by atoms with Crippen LogP contribution in [-0.2, 0) is 0 Å². The first-order chi connectivity index (χ1) is 9.95. The van der Waals surface area contributed by atoms with Gasteiger partial charge < -0.3 is 10.6 Å². The number of nitrogens with two attached hydrogens (primary N) is 1. The highest BCUT2D eigenvalue weighted by Gasteiger charge is 2.19. The van der Waals surface area contributed by atoms with Crippen molar-refractivity contribution in [1.29, 1.82) is 0 Å². The van der Waals surface area contributed by atoms with Gasteiger partial charge in [0.1, 0.15) is 5.82 Å². The van der Waals surface area contributed by atoms with Gasteiger partial charge in [0.15, 0.2) is 0 Å². The van der Waals surface area contributed by atoms with Crippen molar-refractivity contribution in [1.82, 2.24) is 0 Å². The summed E-state index contributed by atoms with van der Waals surface area (Å²) >= 11 is 0. The molecule has 0 radical (unpaired) electrons. The van der Waals surface area contributed by atoms with Crippen LogP contribution in [0.1, 0.15) is 28.4 Å². The standard InChI is InChI=1S/C17H19FN2O/c1-4-20(16-8-6-5-7-11(16)2)17(21)13-9-14(18)12(3)15(19)10-13/h5-10H,4,19H2,1-3H3. The predicted octanol–water partition coefficient (Wildman–Crippen LogP) is 3.69. The molecule has 4 heteroatoms. The van der Waals surface area contributed by atoms with Crippen molar-refractivity contribution in [2.75, 3.05) is 17.2 Å². The second-order valence-electron chi connectivity index (χ2n) is 5.01. The Kier molecular flexibility index (Phi) is 4.26. The van der Waals surface area contributed by atoms with Crippen LogP contribution in [0.5, 0.6) is 0 Å². The summed E-state index contributed by atoms with van der Waals surface area (Å²) in [7, 11) is 0. The number of halogens is 1. The summed E-state index contributed by atoms with van der Waals surface area (Å²) in [6.07, 6.45) is 0. The van der Waals surface area contributed by atoms with Crippen LogP contribution in [0.4, 0.5) is 15.8 Å². The van der Waals surface area contributed by atoms with Gasteiger partial charge in [0.2, 0.25) is 0 Å². The normalized spacial score (nSPS) is 10.5. The van der Waals surface area contributed by atoms with E-state index in [0.29, 0.717) is 17.8 Å². The lowest BCUT2D eigenvalue weighted by Gasteiger charge is -2.23. The monoisotopic (exact) mass is 286 g/mol. The summed E-state index contributed by atoms with van der Waals surface area (Å²) in [5.74, 6) is -0.711. The van der Waals surface area contributed by atoms with Gasteiger partial charge in [-0.05, 0) is 44.5 Å². The van der Waals surface area contributed by atoms with Crippen molar-refractivity contribution in [3.8, 4) is 0 Å². The number of nitrogen functional groups attached to an aromatic ring is 1. The molecule has 0 atom stereocenters. The summed E-state index contributed by atoms with van der Waals surface area (Å²) in [5.41, 5.74) is 8.50. The Morgan fingerprint density at radius 1 is 1.24 bits per heavy atom. The first-order valence-corrected chi connectivity index (χ1v) is 6.88. The van der Waals surface area contributed by atoms with E-state index >= 15 is 0 Å². The minimum Gasteiger partial charge on any atom is -0.398 e. The molecule has 0 spiro atoms. The number of benzene rings is 2. The number of hydrogen-bond acceptors (Lipinski definition) is 2. The Morgan fingerprint density at radius 3 is 2.48 bits per heavy atom. The predicted molar refractivity (Wildman–Crippen MR) is 84.1 cm³/mol. The van der Waals surface area contributed by atoms with Gasteiger partial charge in [0.05, 0.1) is 0 Å². The summed E-state index contributed by atoms with van der Waals surface area (Å²) in [4.78, 5) is 14.3. The first-order valence-electron chi connectivity index (χ1n) is 6.88. The number of carbonyl (C=O) groups excluding carboxylic acids is 1. The molecule has 2 aromatic carbocycles. The van der Waals surface area contributed by atoms with Crippen LogP contribution in [0.15, 0.2) is 36.4 Å². The number of nitrogens with zero attached hydrogens (tertiary/aromatic N) is 1. The summed E-state index contributed by atoms with van der Waals surface area (Å²) in [5, 5.41) is 0. The maximum absolute atomic E-state index is 13.8. The molecule has 2 N–H and O–H groups in total. The zero-order chi connectivity index (χ0) is 15.6. The third-order valence-corrected chi connectivity index (χ3v) is 3.60. The van der Waals surface area contributed by atoms with E-state index in [1.807, 2.05) is 38.1 Å². The van der Waals surface area contributed by atoms with Crippen molar-refractivity contribution in [2.24, 2.45) is 0 Å². The molecule has 0 saturated heterocycles. The molecule has 2 aromatic rings. The smallest absolute Gasteiger partial charge is 0.258 e. The van der Waals surface area contributed by atoms with E-state index in [1.54, 1.807) is 11.8 Å². The van der Waals surface area contributed by atoms with Crippen LogP contribution in [0, 0.1) is 19.7 Å². The van der Waals surface area contributed by atoms with Gasteiger partial charge in [-0.15, -0.1) is 0 Å². The van der Waals surface area contributed by atoms with Gasteiger partial charge >= 0.3 is 0 Å². The second kappa shape index (κ2) is 5.95. The molecule has 110 valence electrons. The van der Waals surface area contributed by atoms with Crippen molar-refractivity contribution in [3.63, 3.8) is 0 Å². The molecule has 0 saturated carbocycles. The van der Waals surface area contributed by atoms with Crippen LogP contribution in [0.25, 0.3) is 0 Å². The van der Waals surface area contributed by atoms with Gasteiger partial charge in [-0.2, -0.15) is 0 Å². The fraction of sp³-hybridized carbons (Fsp3) is 0.235. The summed E-state index contributed by atoms with van der Waals surface area (Å²) in [6.45, 7) is 5.92. The highest BCUT2D eigenvalue weighted by molar-refractivity contribution is 6.07. The van der Waals surface area contributed by atoms with Crippen molar-refractivity contribution < 1.29 is 9.18 Å². The molecule has 0 aliphatic heterocycles. The Bertz CT molecular complexity index is 659. The van der Waals surface area contributed by atoms with Gasteiger partial charge in [0, 0.05) is 29.0 Å². The Balaban J connectivity index is 2.44. The minimum absolute atomic E-state index is 0.252. The molecule has 0 aliphatic carbocycles. The van der Waals surface area contributed by atoms with E-state index < -0.39 is 5.82 Å². The molecule has 0 aromatic heterocycles. The lowest BCUT2D eigenvalue weighted by molar-refractivity contribution is 0.0987. The van der Waals surface area contributed by atoms with Crippen molar-refractivity contribution >= 4 is 17.3 Å². The fourth-order valence-corrected chi connectivity index (χ4v) is 2.27. The van der Waals surface area contributed by atoms with Gasteiger partial charge in [-0.25, -0.2) is 4.39 Å². The molecule has 0 heterocycles. The lowest BCUT2D eigenvalue weighted by Crippen LogP contribution is -2.31. The second-order valence-corrected chi connectivity index (χ2v) is 5.01. The van der Waals surface area contributed by atoms with E-state index in [-0.39, 0.29) is 11.5 Å². The Labute approximate surface area is 124 Å². The van der Waals surface area contributed by atoms with Crippen LogP contribution in [-0.4, -0.2) is 12.5 Å². The molecule has 0 unspecified atom stereocenters. The zero-order valence-corrected chi connectivity index (χ0v) is 12.5. The Morgan fingerprint density at radius 2 is 1.90 bits per heavy atom. The van der Waals surface area contributed by atoms with E-state index in [4.69, 9.17) is 5.73 Å². The molecular weight excluding hydrogens is 267 g/mol. The Hall–Kier alpha value is -2.36.